The number of piperazine rings is 1. The number of nitrogens with one attached hydrogen (secondary N) is 1. The number of amides is 1. The van der Waals surface area contributed by atoms with Gasteiger partial charge in [0.2, 0.25) is 5.91 Å². The van der Waals surface area contributed by atoms with E-state index in [0.29, 0.717) is 6.54 Å². The SMILES string of the molecule is CC(C(=O)NCC1CCCO1)N1CCN(C)CC1. The van der Waals surface area contributed by atoms with Crippen molar-refractivity contribution in [3.63, 3.8) is 0 Å². The highest BCUT2D eigenvalue weighted by Crippen LogP contribution is 2.11. The van der Waals surface area contributed by atoms with Crippen LogP contribution in [0.4, 0.5) is 0 Å². The fourth-order valence-corrected chi connectivity index (χ4v) is 2.54. The zero-order valence-electron chi connectivity index (χ0n) is 11.5. The monoisotopic (exact) mass is 255 g/mol. The predicted molar refractivity (Wildman–Crippen MR) is 70.5 cm³/mol. The third-order valence-corrected chi connectivity index (χ3v) is 3.99. The molecule has 0 aromatic heterocycles. The van der Waals surface area contributed by atoms with Gasteiger partial charge in [0.25, 0.3) is 0 Å². The van der Waals surface area contributed by atoms with Gasteiger partial charge in [0.1, 0.15) is 0 Å². The summed E-state index contributed by atoms with van der Waals surface area (Å²) in [4.78, 5) is 16.6. The van der Waals surface area contributed by atoms with E-state index in [1.54, 1.807) is 0 Å². The fourth-order valence-electron chi connectivity index (χ4n) is 2.54. The number of rotatable bonds is 4. The summed E-state index contributed by atoms with van der Waals surface area (Å²) in [6, 6.07) is -0.0277. The van der Waals surface area contributed by atoms with Gasteiger partial charge in [-0.2, -0.15) is 0 Å². The van der Waals surface area contributed by atoms with Crippen molar-refractivity contribution < 1.29 is 9.53 Å². The van der Waals surface area contributed by atoms with Gasteiger partial charge >= 0.3 is 0 Å². The van der Waals surface area contributed by atoms with Gasteiger partial charge in [-0.3, -0.25) is 9.69 Å². The molecule has 104 valence electrons. The standard InChI is InChI=1S/C13H25N3O2/c1-11(16-7-5-15(2)6-8-16)13(17)14-10-12-4-3-9-18-12/h11-12H,3-10H2,1-2H3,(H,14,17). The third-order valence-electron chi connectivity index (χ3n) is 3.99. The van der Waals surface area contributed by atoms with Gasteiger partial charge in [-0.15, -0.1) is 0 Å². The molecular formula is C13H25N3O2. The second-order valence-electron chi connectivity index (χ2n) is 5.40. The maximum atomic E-state index is 12.1. The molecule has 2 rings (SSSR count). The lowest BCUT2D eigenvalue weighted by Crippen LogP contribution is -2.53. The van der Waals surface area contributed by atoms with Gasteiger partial charge in [0.05, 0.1) is 12.1 Å². The second kappa shape index (κ2) is 6.50. The Bertz CT molecular complexity index is 271. The normalized spacial score (nSPS) is 28.2. The number of ether oxygens (including phenoxy) is 1. The average Bonchev–Trinajstić information content (AvgIpc) is 2.89. The van der Waals surface area contributed by atoms with E-state index in [0.717, 1.165) is 45.6 Å². The number of hydrogen-bond donors (Lipinski definition) is 1. The van der Waals surface area contributed by atoms with Crippen molar-refractivity contribution in [2.45, 2.75) is 31.9 Å². The summed E-state index contributed by atoms with van der Waals surface area (Å²) in [5.74, 6) is 0.134. The van der Waals surface area contributed by atoms with Gasteiger partial charge in [-0.1, -0.05) is 0 Å². The summed E-state index contributed by atoms with van der Waals surface area (Å²) < 4.78 is 5.51. The van der Waals surface area contributed by atoms with Crippen molar-refractivity contribution in [3.8, 4) is 0 Å². The Morgan fingerprint density at radius 3 is 2.72 bits per heavy atom. The Morgan fingerprint density at radius 2 is 2.11 bits per heavy atom. The zero-order chi connectivity index (χ0) is 13.0. The highest BCUT2D eigenvalue weighted by atomic mass is 16.5. The van der Waals surface area contributed by atoms with Crippen LogP contribution >= 0.6 is 0 Å². The molecule has 0 saturated carbocycles. The molecule has 2 saturated heterocycles. The Labute approximate surface area is 109 Å². The van der Waals surface area contributed by atoms with E-state index in [1.165, 1.54) is 0 Å². The van der Waals surface area contributed by atoms with Crippen LogP contribution in [-0.2, 0) is 9.53 Å². The summed E-state index contributed by atoms with van der Waals surface area (Å²) in [7, 11) is 2.12. The van der Waals surface area contributed by atoms with E-state index in [9.17, 15) is 4.79 Å². The first-order valence-corrected chi connectivity index (χ1v) is 6.98. The van der Waals surface area contributed by atoms with Crippen LogP contribution in [-0.4, -0.2) is 74.2 Å². The lowest BCUT2D eigenvalue weighted by molar-refractivity contribution is -0.127. The van der Waals surface area contributed by atoms with Gasteiger partial charge in [0.15, 0.2) is 0 Å². The van der Waals surface area contributed by atoms with Crippen molar-refractivity contribution in [2.24, 2.45) is 0 Å². The van der Waals surface area contributed by atoms with Gasteiger partial charge in [-0.25, -0.2) is 0 Å². The van der Waals surface area contributed by atoms with Gasteiger partial charge in [0, 0.05) is 39.3 Å². The molecule has 2 unspecified atom stereocenters. The van der Waals surface area contributed by atoms with E-state index in [-0.39, 0.29) is 18.1 Å². The zero-order valence-corrected chi connectivity index (χ0v) is 11.5. The minimum Gasteiger partial charge on any atom is -0.376 e. The highest BCUT2D eigenvalue weighted by Gasteiger charge is 2.25. The average molecular weight is 255 g/mol. The predicted octanol–water partition coefficient (Wildman–Crippen LogP) is -0.0825. The molecule has 2 aliphatic heterocycles. The molecule has 2 heterocycles. The van der Waals surface area contributed by atoms with Crippen LogP contribution in [0.15, 0.2) is 0 Å². The lowest BCUT2D eigenvalue weighted by atomic mass is 10.2. The molecule has 5 nitrogen and oxygen atoms in total. The van der Waals surface area contributed by atoms with Crippen LogP contribution in [0.1, 0.15) is 19.8 Å². The largest absolute Gasteiger partial charge is 0.376 e. The first-order chi connectivity index (χ1) is 8.66. The molecule has 0 bridgehead atoms. The molecule has 0 aliphatic carbocycles. The number of carbonyl (C=O) groups excluding carboxylic acids is 1. The molecule has 0 spiro atoms. The quantitative estimate of drug-likeness (QED) is 0.763. The second-order valence-corrected chi connectivity index (χ2v) is 5.40. The van der Waals surface area contributed by atoms with Gasteiger partial charge in [-0.05, 0) is 26.8 Å². The van der Waals surface area contributed by atoms with Crippen LogP contribution < -0.4 is 5.32 Å². The first kappa shape index (κ1) is 13.8. The van der Waals surface area contributed by atoms with E-state index >= 15 is 0 Å². The molecule has 1 N–H and O–H groups in total. The molecule has 0 radical (unpaired) electrons. The third kappa shape index (κ3) is 3.67. The maximum Gasteiger partial charge on any atom is 0.237 e. The Morgan fingerprint density at radius 1 is 1.39 bits per heavy atom. The van der Waals surface area contributed by atoms with Crippen molar-refractivity contribution in [3.05, 3.63) is 0 Å². The summed E-state index contributed by atoms with van der Waals surface area (Å²) in [5, 5.41) is 3.01. The maximum absolute atomic E-state index is 12.1. The molecule has 18 heavy (non-hydrogen) atoms. The Hall–Kier alpha value is -0.650. The van der Waals surface area contributed by atoms with Crippen LogP contribution in [0.5, 0.6) is 0 Å². The van der Waals surface area contributed by atoms with Crippen molar-refractivity contribution in [1.29, 1.82) is 0 Å². The summed E-state index contributed by atoms with van der Waals surface area (Å²) in [5.41, 5.74) is 0. The molecular weight excluding hydrogens is 230 g/mol. The van der Waals surface area contributed by atoms with Crippen LogP contribution in [0.2, 0.25) is 0 Å². The molecule has 0 aromatic carbocycles. The number of likely N-dealkylation sites (N-methyl/N-ethyl adjacent to an activating group) is 1. The lowest BCUT2D eigenvalue weighted by Gasteiger charge is -2.35. The van der Waals surface area contributed by atoms with Crippen molar-refractivity contribution in [2.75, 3.05) is 46.4 Å². The van der Waals surface area contributed by atoms with Crippen molar-refractivity contribution >= 4 is 5.91 Å². The Balaban J connectivity index is 1.70. The van der Waals surface area contributed by atoms with E-state index < -0.39 is 0 Å². The molecule has 2 atom stereocenters. The van der Waals surface area contributed by atoms with Crippen LogP contribution in [0, 0.1) is 0 Å². The van der Waals surface area contributed by atoms with Crippen molar-refractivity contribution in [1.82, 2.24) is 15.1 Å². The minimum absolute atomic E-state index is 0.0277. The van der Waals surface area contributed by atoms with E-state index in [4.69, 9.17) is 4.74 Å². The van der Waals surface area contributed by atoms with Crippen LogP contribution in [0.3, 0.4) is 0 Å². The molecule has 2 fully saturated rings. The molecule has 1 amide bonds. The molecule has 2 aliphatic rings. The van der Waals surface area contributed by atoms with E-state index in [1.807, 2.05) is 6.92 Å². The smallest absolute Gasteiger partial charge is 0.237 e. The van der Waals surface area contributed by atoms with E-state index in [2.05, 4.69) is 22.2 Å². The topological polar surface area (TPSA) is 44.8 Å². The summed E-state index contributed by atoms with van der Waals surface area (Å²) in [6.07, 6.45) is 2.42. The number of hydrogen-bond acceptors (Lipinski definition) is 4. The Kier molecular flexibility index (Phi) is 4.97. The minimum atomic E-state index is -0.0277. The molecule has 5 heteroatoms. The summed E-state index contributed by atoms with van der Waals surface area (Å²) in [6.45, 7) is 7.55. The highest BCUT2D eigenvalue weighted by molar-refractivity contribution is 5.81. The fraction of sp³-hybridized carbons (Fsp3) is 0.923. The summed E-state index contributed by atoms with van der Waals surface area (Å²) >= 11 is 0. The first-order valence-electron chi connectivity index (χ1n) is 6.98. The number of carbonyl (C=O) groups is 1. The van der Waals surface area contributed by atoms with Gasteiger partial charge < -0.3 is 15.0 Å². The molecule has 0 aromatic rings. The number of nitrogens with zero attached hydrogens (tertiary/aromatic N) is 2. The van der Waals surface area contributed by atoms with Crippen LogP contribution in [0.25, 0.3) is 0 Å².